The number of amides is 2. The van der Waals surface area contributed by atoms with E-state index in [9.17, 15) is 14.0 Å². The maximum atomic E-state index is 14.0. The second-order valence-electron chi connectivity index (χ2n) is 4.68. The van der Waals surface area contributed by atoms with Gasteiger partial charge in [0.2, 0.25) is 0 Å². The summed E-state index contributed by atoms with van der Waals surface area (Å²) in [7, 11) is 1.54. The molecule has 1 aliphatic rings. The molecule has 1 atom stereocenters. The molecule has 2 rings (SSSR count). The largest absolute Gasteiger partial charge is 0.463 e. The monoisotopic (exact) mass is 292 g/mol. The number of benzene rings is 1. The molecule has 0 fully saturated rings. The van der Waals surface area contributed by atoms with Crippen molar-refractivity contribution in [2.75, 3.05) is 13.7 Å². The molecule has 0 aliphatic carbocycles. The van der Waals surface area contributed by atoms with Gasteiger partial charge in [0.1, 0.15) is 5.82 Å². The molecule has 0 saturated carbocycles. The lowest BCUT2D eigenvalue weighted by molar-refractivity contribution is -0.139. The molecule has 0 aromatic heterocycles. The lowest BCUT2D eigenvalue weighted by atomic mass is 9.94. The number of ether oxygens (including phenoxy) is 1. The zero-order valence-electron chi connectivity index (χ0n) is 12.1. The molecular weight excluding hydrogens is 275 g/mol. The van der Waals surface area contributed by atoms with Crippen molar-refractivity contribution in [2.24, 2.45) is 0 Å². The van der Waals surface area contributed by atoms with Gasteiger partial charge in [-0.3, -0.25) is 0 Å². The molecule has 2 amide bonds. The van der Waals surface area contributed by atoms with Crippen LogP contribution in [0, 0.1) is 5.82 Å². The van der Waals surface area contributed by atoms with Crippen LogP contribution in [-0.2, 0) is 9.53 Å². The number of allylic oxidation sites excluding steroid dienone is 1. The normalized spacial score (nSPS) is 18.6. The topological polar surface area (TPSA) is 58.6 Å². The van der Waals surface area contributed by atoms with E-state index >= 15 is 0 Å². The van der Waals surface area contributed by atoms with Gasteiger partial charge in [0, 0.05) is 18.3 Å². The van der Waals surface area contributed by atoms with Crippen LogP contribution in [-0.4, -0.2) is 30.6 Å². The lowest BCUT2D eigenvalue weighted by Crippen LogP contribution is -2.46. The van der Waals surface area contributed by atoms with Crippen molar-refractivity contribution >= 4 is 12.0 Å². The van der Waals surface area contributed by atoms with E-state index in [2.05, 4.69) is 5.32 Å². The summed E-state index contributed by atoms with van der Waals surface area (Å²) in [6.45, 7) is 3.53. The quantitative estimate of drug-likeness (QED) is 0.870. The minimum atomic E-state index is -0.853. The van der Waals surface area contributed by atoms with Crippen LogP contribution in [0.25, 0.3) is 0 Å². The summed E-state index contributed by atoms with van der Waals surface area (Å²) in [6, 6.07) is 4.79. The third-order valence-corrected chi connectivity index (χ3v) is 3.47. The standard InChI is InChI=1S/C15H17FN2O3/c1-4-21-14(19)12-9(2)18(3)15(20)17-13(12)10-7-5-6-8-11(10)16/h5-8,13H,4H2,1-3H3,(H,17,20). The van der Waals surface area contributed by atoms with Crippen molar-refractivity contribution in [1.29, 1.82) is 0 Å². The number of urea groups is 1. The molecule has 112 valence electrons. The van der Waals surface area contributed by atoms with Gasteiger partial charge < -0.3 is 15.0 Å². The minimum absolute atomic E-state index is 0.206. The molecular formula is C15H17FN2O3. The molecule has 0 bridgehead atoms. The highest BCUT2D eigenvalue weighted by Gasteiger charge is 2.35. The summed E-state index contributed by atoms with van der Waals surface area (Å²) in [4.78, 5) is 25.4. The summed E-state index contributed by atoms with van der Waals surface area (Å²) in [6.07, 6.45) is 0. The molecule has 0 spiro atoms. The number of esters is 1. The predicted molar refractivity (Wildman–Crippen MR) is 74.8 cm³/mol. The number of rotatable bonds is 3. The zero-order chi connectivity index (χ0) is 15.6. The second kappa shape index (κ2) is 5.95. The highest BCUT2D eigenvalue weighted by molar-refractivity contribution is 5.94. The molecule has 1 heterocycles. The van der Waals surface area contributed by atoms with Gasteiger partial charge in [0.15, 0.2) is 0 Å². The van der Waals surface area contributed by atoms with Crippen molar-refractivity contribution in [3.8, 4) is 0 Å². The van der Waals surface area contributed by atoms with Crippen LogP contribution in [0.5, 0.6) is 0 Å². The molecule has 1 aromatic rings. The Kier molecular flexibility index (Phi) is 4.26. The zero-order valence-corrected chi connectivity index (χ0v) is 12.1. The number of nitrogens with one attached hydrogen (secondary N) is 1. The summed E-state index contributed by atoms with van der Waals surface area (Å²) in [5, 5.41) is 2.63. The number of nitrogens with zero attached hydrogens (tertiary/aromatic N) is 1. The van der Waals surface area contributed by atoms with E-state index in [-0.39, 0.29) is 17.7 Å². The number of carbonyl (C=O) groups is 2. The smallest absolute Gasteiger partial charge is 0.338 e. The second-order valence-corrected chi connectivity index (χ2v) is 4.68. The van der Waals surface area contributed by atoms with Crippen molar-refractivity contribution in [3.05, 3.63) is 46.9 Å². The highest BCUT2D eigenvalue weighted by atomic mass is 19.1. The van der Waals surface area contributed by atoms with Gasteiger partial charge in [-0.15, -0.1) is 0 Å². The molecule has 1 aliphatic heterocycles. The van der Waals surface area contributed by atoms with Crippen LogP contribution in [0.3, 0.4) is 0 Å². The molecule has 5 nitrogen and oxygen atoms in total. The number of halogens is 1. The van der Waals surface area contributed by atoms with Crippen LogP contribution < -0.4 is 5.32 Å². The Balaban J connectivity index is 2.54. The van der Waals surface area contributed by atoms with Crippen LogP contribution in [0.4, 0.5) is 9.18 Å². The van der Waals surface area contributed by atoms with Gasteiger partial charge in [-0.05, 0) is 19.9 Å². The summed E-state index contributed by atoms with van der Waals surface area (Å²) in [5.74, 6) is -1.04. The average Bonchev–Trinajstić information content (AvgIpc) is 2.45. The fourth-order valence-electron chi connectivity index (χ4n) is 2.25. The Labute approximate surface area is 122 Å². The van der Waals surface area contributed by atoms with E-state index in [0.29, 0.717) is 5.70 Å². The third kappa shape index (κ3) is 2.74. The SMILES string of the molecule is CCOC(=O)C1=C(C)N(C)C(=O)NC1c1ccccc1F. The number of hydrogen-bond acceptors (Lipinski definition) is 3. The fourth-order valence-corrected chi connectivity index (χ4v) is 2.25. The molecule has 1 unspecified atom stereocenters. The van der Waals surface area contributed by atoms with E-state index < -0.39 is 23.9 Å². The van der Waals surface area contributed by atoms with Gasteiger partial charge in [-0.1, -0.05) is 18.2 Å². The summed E-state index contributed by atoms with van der Waals surface area (Å²) >= 11 is 0. The molecule has 1 N–H and O–H groups in total. The first kappa shape index (κ1) is 15.0. The van der Waals surface area contributed by atoms with E-state index in [1.807, 2.05) is 0 Å². The van der Waals surface area contributed by atoms with Gasteiger partial charge in [-0.2, -0.15) is 0 Å². The van der Waals surface area contributed by atoms with Crippen molar-refractivity contribution in [3.63, 3.8) is 0 Å². The third-order valence-electron chi connectivity index (χ3n) is 3.47. The Morgan fingerprint density at radius 3 is 2.71 bits per heavy atom. The van der Waals surface area contributed by atoms with Gasteiger partial charge in [0.25, 0.3) is 0 Å². The van der Waals surface area contributed by atoms with Gasteiger partial charge in [-0.25, -0.2) is 14.0 Å². The predicted octanol–water partition coefficient (Wildman–Crippen LogP) is 2.36. The van der Waals surface area contributed by atoms with Gasteiger partial charge >= 0.3 is 12.0 Å². The van der Waals surface area contributed by atoms with Crippen molar-refractivity contribution < 1.29 is 18.7 Å². The lowest BCUT2D eigenvalue weighted by Gasteiger charge is -2.33. The molecule has 1 aromatic carbocycles. The maximum Gasteiger partial charge on any atom is 0.338 e. The van der Waals surface area contributed by atoms with Crippen LogP contribution in [0.2, 0.25) is 0 Å². The van der Waals surface area contributed by atoms with Crippen molar-refractivity contribution in [1.82, 2.24) is 10.2 Å². The first-order valence-electron chi connectivity index (χ1n) is 6.63. The van der Waals surface area contributed by atoms with E-state index in [0.717, 1.165) is 0 Å². The van der Waals surface area contributed by atoms with E-state index in [1.54, 1.807) is 33.0 Å². The molecule has 6 heteroatoms. The highest BCUT2D eigenvalue weighted by Crippen LogP contribution is 2.31. The minimum Gasteiger partial charge on any atom is -0.463 e. The fraction of sp³-hybridized carbons (Fsp3) is 0.333. The van der Waals surface area contributed by atoms with Crippen LogP contribution >= 0.6 is 0 Å². The Morgan fingerprint density at radius 2 is 2.10 bits per heavy atom. The van der Waals surface area contributed by atoms with Crippen LogP contribution in [0.1, 0.15) is 25.5 Å². The van der Waals surface area contributed by atoms with Crippen molar-refractivity contribution in [2.45, 2.75) is 19.9 Å². The Morgan fingerprint density at radius 1 is 1.43 bits per heavy atom. The number of carbonyl (C=O) groups excluding carboxylic acids is 2. The Bertz CT molecular complexity index is 613. The maximum absolute atomic E-state index is 14.0. The van der Waals surface area contributed by atoms with E-state index in [4.69, 9.17) is 4.74 Å². The molecule has 0 saturated heterocycles. The molecule has 21 heavy (non-hydrogen) atoms. The van der Waals surface area contributed by atoms with Crippen LogP contribution in [0.15, 0.2) is 35.5 Å². The molecule has 0 radical (unpaired) electrons. The average molecular weight is 292 g/mol. The van der Waals surface area contributed by atoms with E-state index in [1.165, 1.54) is 17.0 Å². The first-order chi connectivity index (χ1) is 9.97. The number of hydrogen-bond donors (Lipinski definition) is 1. The summed E-state index contributed by atoms with van der Waals surface area (Å²) < 4.78 is 19.0. The Hall–Kier alpha value is -2.37. The van der Waals surface area contributed by atoms with Gasteiger partial charge in [0.05, 0.1) is 18.2 Å². The summed E-state index contributed by atoms with van der Waals surface area (Å²) in [5.41, 5.74) is 0.927. The first-order valence-corrected chi connectivity index (χ1v) is 6.63.